The quantitative estimate of drug-likeness (QED) is 0.311. The molecule has 1 aliphatic heterocycles. The smallest absolute Gasteiger partial charge is 0.269 e. The molecule has 132 valence electrons. The van der Waals surface area contributed by atoms with Gasteiger partial charge in [-0.05, 0) is 0 Å². The summed E-state index contributed by atoms with van der Waals surface area (Å²) < 4.78 is 40.8. The molecule has 6 N–H and O–H groups in total. The van der Waals surface area contributed by atoms with Crippen LogP contribution in [0.4, 0.5) is 0 Å². The predicted octanol–water partition coefficient (Wildman–Crippen LogP) is -2.46. The van der Waals surface area contributed by atoms with E-state index in [1.807, 2.05) is 0 Å². The van der Waals surface area contributed by atoms with Crippen molar-refractivity contribution in [1.29, 1.82) is 0 Å². The van der Waals surface area contributed by atoms with Crippen LogP contribution < -0.4 is 0 Å². The Morgan fingerprint density at radius 2 is 1.78 bits per heavy atom. The molecule has 1 aromatic rings. The summed E-state index contributed by atoms with van der Waals surface area (Å²) in [5.74, 6) is -0.826. The van der Waals surface area contributed by atoms with Crippen LogP contribution in [-0.4, -0.2) is 75.6 Å². The summed E-state index contributed by atoms with van der Waals surface area (Å²) in [5.41, 5.74) is -0.135. The van der Waals surface area contributed by atoms with Crippen LogP contribution in [0.2, 0.25) is 0 Å². The average molecular weight is 354 g/mol. The van der Waals surface area contributed by atoms with Gasteiger partial charge >= 0.3 is 0 Å². The lowest BCUT2D eigenvalue weighted by atomic mass is 9.90. The van der Waals surface area contributed by atoms with Crippen LogP contribution in [0.1, 0.15) is 17.2 Å². The van der Waals surface area contributed by atoms with Gasteiger partial charge in [0.15, 0.2) is 0 Å². The largest absolute Gasteiger partial charge is 0.472 e. The van der Waals surface area contributed by atoms with Gasteiger partial charge in [0.05, 0.1) is 19.1 Å². The third kappa shape index (κ3) is 3.89. The highest BCUT2D eigenvalue weighted by Gasteiger charge is 2.47. The second-order valence-corrected chi connectivity index (χ2v) is 6.77. The fraction of sp³-hybridized carbons (Fsp3) is 0.667. The first-order valence-electron chi connectivity index (χ1n) is 6.64. The lowest BCUT2D eigenvalue weighted by Crippen LogP contribution is -2.59. The average Bonchev–Trinajstić information content (AvgIpc) is 2.90. The first-order valence-corrected chi connectivity index (χ1v) is 8.25. The van der Waals surface area contributed by atoms with E-state index < -0.39 is 59.1 Å². The highest BCUT2D eigenvalue weighted by molar-refractivity contribution is 7.85. The molecule has 2 heterocycles. The van der Waals surface area contributed by atoms with E-state index in [0.29, 0.717) is 0 Å². The standard InChI is InChI=1S/C12H18O10S/c13-1-7-9(15)10(16)11(17)12(22-7)8(14)6-3-21-2-5(6)4-23(18,19)20/h2-3,7-17H,1,4H2,(H,18,19,20)/t7-,8?,9+,10+,11-,12+/m1/s1. The van der Waals surface area contributed by atoms with E-state index in [2.05, 4.69) is 0 Å². The zero-order chi connectivity index (χ0) is 17.4. The molecule has 0 bridgehead atoms. The molecule has 0 saturated carbocycles. The molecule has 1 aliphatic rings. The summed E-state index contributed by atoms with van der Waals surface area (Å²) in [5, 5.41) is 48.8. The topological polar surface area (TPSA) is 178 Å². The number of aliphatic hydroxyl groups is 5. The van der Waals surface area contributed by atoms with Crippen molar-refractivity contribution in [2.24, 2.45) is 0 Å². The molecule has 0 amide bonds. The fourth-order valence-electron chi connectivity index (χ4n) is 2.48. The first-order chi connectivity index (χ1) is 10.7. The zero-order valence-corrected chi connectivity index (χ0v) is 12.6. The van der Waals surface area contributed by atoms with E-state index in [1.54, 1.807) is 0 Å². The van der Waals surface area contributed by atoms with Gasteiger partial charge in [0.25, 0.3) is 10.1 Å². The van der Waals surface area contributed by atoms with Crippen LogP contribution in [-0.2, 0) is 20.6 Å². The maximum atomic E-state index is 11.0. The molecule has 10 nitrogen and oxygen atoms in total. The van der Waals surface area contributed by atoms with E-state index >= 15 is 0 Å². The van der Waals surface area contributed by atoms with Crippen LogP contribution >= 0.6 is 0 Å². The Kier molecular flexibility index (Phi) is 5.43. The second-order valence-electron chi connectivity index (χ2n) is 5.32. The van der Waals surface area contributed by atoms with E-state index in [9.17, 15) is 28.8 Å². The monoisotopic (exact) mass is 354 g/mol. The summed E-state index contributed by atoms with van der Waals surface area (Å²) in [6.07, 6.45) is -7.26. The molecule has 1 aromatic heterocycles. The Hall–Kier alpha value is -1.05. The third-order valence-electron chi connectivity index (χ3n) is 3.67. The van der Waals surface area contributed by atoms with Crippen LogP contribution in [0.15, 0.2) is 16.9 Å². The lowest BCUT2D eigenvalue weighted by Gasteiger charge is -2.41. The van der Waals surface area contributed by atoms with E-state index in [1.165, 1.54) is 0 Å². The summed E-state index contributed by atoms with van der Waals surface area (Å²) in [6, 6.07) is 0. The molecule has 0 aromatic carbocycles. The normalized spacial score (nSPS) is 33.6. The minimum atomic E-state index is -4.39. The summed E-state index contributed by atoms with van der Waals surface area (Å²) in [7, 11) is -4.39. The van der Waals surface area contributed by atoms with Gasteiger partial charge in [-0.25, -0.2) is 0 Å². The van der Waals surface area contributed by atoms with Crippen molar-refractivity contribution in [2.45, 2.75) is 42.4 Å². The van der Waals surface area contributed by atoms with Crippen LogP contribution in [0.5, 0.6) is 0 Å². The molecule has 0 spiro atoms. The summed E-state index contributed by atoms with van der Waals surface area (Å²) in [4.78, 5) is 0. The first kappa shape index (κ1) is 18.3. The Balaban J connectivity index is 2.26. The van der Waals surface area contributed by atoms with E-state index in [4.69, 9.17) is 18.8 Å². The molecule has 6 atom stereocenters. The number of ether oxygens (including phenoxy) is 1. The number of furan rings is 1. The summed E-state index contributed by atoms with van der Waals surface area (Å²) >= 11 is 0. The molecule has 23 heavy (non-hydrogen) atoms. The maximum absolute atomic E-state index is 11.0. The molecule has 2 rings (SSSR count). The Morgan fingerprint density at radius 1 is 1.13 bits per heavy atom. The van der Waals surface area contributed by atoms with Crippen LogP contribution in [0, 0.1) is 0 Å². The molecule has 11 heteroatoms. The number of aliphatic hydroxyl groups excluding tert-OH is 5. The van der Waals surface area contributed by atoms with Crippen molar-refractivity contribution in [2.75, 3.05) is 6.61 Å². The number of hydrogen-bond donors (Lipinski definition) is 6. The second kappa shape index (κ2) is 6.83. The summed E-state index contributed by atoms with van der Waals surface area (Å²) in [6.45, 7) is -0.669. The minimum Gasteiger partial charge on any atom is -0.472 e. The van der Waals surface area contributed by atoms with E-state index in [0.717, 1.165) is 12.5 Å². The molecular formula is C12H18O10S. The van der Waals surface area contributed by atoms with Crippen LogP contribution in [0.25, 0.3) is 0 Å². The number of hydrogen-bond acceptors (Lipinski definition) is 9. The zero-order valence-electron chi connectivity index (χ0n) is 11.8. The van der Waals surface area contributed by atoms with Crippen LogP contribution in [0.3, 0.4) is 0 Å². The molecule has 0 radical (unpaired) electrons. The van der Waals surface area contributed by atoms with Gasteiger partial charge in [-0.1, -0.05) is 0 Å². The fourth-order valence-corrected chi connectivity index (χ4v) is 3.10. The highest BCUT2D eigenvalue weighted by Crippen LogP contribution is 2.32. The Bertz CT molecular complexity index is 624. The molecular weight excluding hydrogens is 336 g/mol. The molecule has 1 unspecified atom stereocenters. The van der Waals surface area contributed by atoms with Gasteiger partial charge in [-0.3, -0.25) is 4.55 Å². The Morgan fingerprint density at radius 3 is 2.35 bits per heavy atom. The molecule has 1 saturated heterocycles. The van der Waals surface area contributed by atoms with Crippen molar-refractivity contribution >= 4 is 10.1 Å². The molecule has 1 fully saturated rings. The van der Waals surface area contributed by atoms with Crippen molar-refractivity contribution < 1.29 is 47.7 Å². The minimum absolute atomic E-state index is 0.0584. The highest BCUT2D eigenvalue weighted by atomic mass is 32.2. The Labute approximate surface area is 131 Å². The SMILES string of the molecule is O=S(=O)(O)Cc1cocc1C(O)[C@@H]1O[C@H](CO)[C@H](O)[C@H](O)[C@H]1O. The van der Waals surface area contributed by atoms with Gasteiger partial charge in [-0.2, -0.15) is 8.42 Å². The van der Waals surface area contributed by atoms with Gasteiger partial charge in [-0.15, -0.1) is 0 Å². The predicted molar refractivity (Wildman–Crippen MR) is 72.7 cm³/mol. The van der Waals surface area contributed by atoms with Gasteiger partial charge < -0.3 is 34.7 Å². The van der Waals surface area contributed by atoms with E-state index in [-0.39, 0.29) is 11.1 Å². The molecule has 0 aliphatic carbocycles. The van der Waals surface area contributed by atoms with Gasteiger partial charge in [0.1, 0.15) is 42.4 Å². The third-order valence-corrected chi connectivity index (χ3v) is 4.35. The van der Waals surface area contributed by atoms with Gasteiger partial charge in [0.2, 0.25) is 0 Å². The lowest BCUT2D eigenvalue weighted by molar-refractivity contribution is -0.250. The van der Waals surface area contributed by atoms with Crippen molar-refractivity contribution in [3.8, 4) is 0 Å². The van der Waals surface area contributed by atoms with Gasteiger partial charge in [0, 0.05) is 11.1 Å². The van der Waals surface area contributed by atoms with Crippen molar-refractivity contribution in [1.82, 2.24) is 0 Å². The number of rotatable bonds is 5. The van der Waals surface area contributed by atoms with Crippen molar-refractivity contribution in [3.05, 3.63) is 23.7 Å². The van der Waals surface area contributed by atoms with Crippen molar-refractivity contribution in [3.63, 3.8) is 0 Å². The maximum Gasteiger partial charge on any atom is 0.269 e.